The summed E-state index contributed by atoms with van der Waals surface area (Å²) in [7, 11) is 1.98. The Morgan fingerprint density at radius 1 is 1.19 bits per heavy atom. The SMILES string of the molecule is CN[C@H](CCC(C)(C)C)c1ccc(C(=O)OC(C)C)cc1. The first kappa shape index (κ1) is 17.7. The van der Waals surface area contributed by atoms with E-state index in [4.69, 9.17) is 4.74 Å². The molecule has 0 fully saturated rings. The lowest BCUT2D eigenvalue weighted by Gasteiger charge is -2.23. The van der Waals surface area contributed by atoms with Crippen LogP contribution in [0.2, 0.25) is 0 Å². The summed E-state index contributed by atoms with van der Waals surface area (Å²) in [5, 5.41) is 3.36. The molecule has 0 saturated carbocycles. The van der Waals surface area contributed by atoms with Crippen molar-refractivity contribution in [1.29, 1.82) is 0 Å². The molecule has 0 heterocycles. The molecule has 3 nitrogen and oxygen atoms in total. The Hall–Kier alpha value is -1.35. The molecule has 1 aromatic rings. The Labute approximate surface area is 129 Å². The smallest absolute Gasteiger partial charge is 0.338 e. The number of nitrogens with one attached hydrogen (secondary N) is 1. The van der Waals surface area contributed by atoms with Crippen LogP contribution in [0.4, 0.5) is 0 Å². The van der Waals surface area contributed by atoms with Crippen LogP contribution in [0.25, 0.3) is 0 Å². The molecule has 1 N–H and O–H groups in total. The zero-order valence-corrected chi connectivity index (χ0v) is 14.2. The van der Waals surface area contributed by atoms with E-state index in [2.05, 4.69) is 26.1 Å². The van der Waals surface area contributed by atoms with Gasteiger partial charge in [0.05, 0.1) is 11.7 Å². The summed E-state index contributed by atoms with van der Waals surface area (Å²) in [4.78, 5) is 11.8. The van der Waals surface area contributed by atoms with Crippen LogP contribution in [0, 0.1) is 5.41 Å². The number of ether oxygens (including phenoxy) is 1. The molecule has 1 atom stereocenters. The van der Waals surface area contributed by atoms with Gasteiger partial charge in [0.2, 0.25) is 0 Å². The van der Waals surface area contributed by atoms with Gasteiger partial charge < -0.3 is 10.1 Å². The van der Waals surface area contributed by atoms with Gasteiger partial charge in [0.25, 0.3) is 0 Å². The van der Waals surface area contributed by atoms with Gasteiger partial charge >= 0.3 is 5.97 Å². The molecule has 0 amide bonds. The van der Waals surface area contributed by atoms with Gasteiger partial charge in [-0.25, -0.2) is 4.79 Å². The van der Waals surface area contributed by atoms with Crippen molar-refractivity contribution in [2.24, 2.45) is 5.41 Å². The summed E-state index contributed by atoms with van der Waals surface area (Å²) in [6, 6.07) is 8.05. The summed E-state index contributed by atoms with van der Waals surface area (Å²) in [5.74, 6) is -0.257. The standard InChI is InChI=1S/C18H29NO2/c1-13(2)21-17(20)15-9-7-14(8-10-15)16(19-6)11-12-18(3,4)5/h7-10,13,16,19H,11-12H2,1-6H3/t16-/m1/s1. The number of carbonyl (C=O) groups is 1. The number of carbonyl (C=O) groups excluding carboxylic acids is 1. The molecule has 3 heteroatoms. The van der Waals surface area contributed by atoms with E-state index < -0.39 is 0 Å². The Kier molecular flexibility index (Phi) is 6.41. The second-order valence-corrected chi connectivity index (χ2v) is 7.02. The topological polar surface area (TPSA) is 38.3 Å². The molecule has 21 heavy (non-hydrogen) atoms. The Morgan fingerprint density at radius 3 is 2.19 bits per heavy atom. The maximum absolute atomic E-state index is 11.8. The predicted molar refractivity (Wildman–Crippen MR) is 87.5 cm³/mol. The van der Waals surface area contributed by atoms with Gasteiger partial charge in [0.1, 0.15) is 0 Å². The van der Waals surface area contributed by atoms with Gasteiger partial charge in [0, 0.05) is 6.04 Å². The van der Waals surface area contributed by atoms with Crippen LogP contribution in [0.15, 0.2) is 24.3 Å². The van der Waals surface area contributed by atoms with Crippen LogP contribution >= 0.6 is 0 Å². The highest BCUT2D eigenvalue weighted by Crippen LogP contribution is 2.27. The fraction of sp³-hybridized carbons (Fsp3) is 0.611. The number of hydrogen-bond acceptors (Lipinski definition) is 3. The van der Waals surface area contributed by atoms with Gasteiger partial charge in [-0.1, -0.05) is 32.9 Å². The van der Waals surface area contributed by atoms with E-state index in [1.807, 2.05) is 45.2 Å². The molecule has 0 spiro atoms. The van der Waals surface area contributed by atoms with Crippen LogP contribution in [0.3, 0.4) is 0 Å². The third-order valence-corrected chi connectivity index (χ3v) is 3.42. The Balaban J connectivity index is 2.73. The second-order valence-electron chi connectivity index (χ2n) is 7.02. The molecule has 1 rings (SSSR count). The Morgan fingerprint density at radius 2 is 1.76 bits per heavy atom. The van der Waals surface area contributed by atoms with Crippen LogP contribution in [0.5, 0.6) is 0 Å². The number of benzene rings is 1. The van der Waals surface area contributed by atoms with Crippen molar-refractivity contribution in [1.82, 2.24) is 5.32 Å². The maximum Gasteiger partial charge on any atom is 0.338 e. The molecule has 0 aromatic heterocycles. The third-order valence-electron chi connectivity index (χ3n) is 3.42. The largest absolute Gasteiger partial charge is 0.459 e. The first-order valence-electron chi connectivity index (χ1n) is 7.71. The molecule has 0 unspecified atom stereocenters. The van der Waals surface area contributed by atoms with E-state index >= 15 is 0 Å². The minimum atomic E-state index is -0.257. The molecule has 1 aromatic carbocycles. The van der Waals surface area contributed by atoms with Crippen LogP contribution in [-0.4, -0.2) is 19.1 Å². The minimum Gasteiger partial charge on any atom is -0.459 e. The summed E-state index contributed by atoms with van der Waals surface area (Å²) >= 11 is 0. The quantitative estimate of drug-likeness (QED) is 0.792. The molecule has 0 radical (unpaired) electrons. The highest BCUT2D eigenvalue weighted by Gasteiger charge is 2.16. The van der Waals surface area contributed by atoms with Gasteiger partial charge in [0.15, 0.2) is 0 Å². The molecule has 0 aliphatic heterocycles. The van der Waals surface area contributed by atoms with Crippen molar-refractivity contribution < 1.29 is 9.53 Å². The fourth-order valence-corrected chi connectivity index (χ4v) is 2.19. The zero-order chi connectivity index (χ0) is 16.0. The van der Waals surface area contributed by atoms with Gasteiger partial charge in [-0.3, -0.25) is 0 Å². The lowest BCUT2D eigenvalue weighted by atomic mass is 9.87. The monoisotopic (exact) mass is 291 g/mol. The molecule has 118 valence electrons. The molecule has 0 aliphatic carbocycles. The molecular formula is C18H29NO2. The number of esters is 1. The summed E-state index contributed by atoms with van der Waals surface area (Å²) in [6.07, 6.45) is 2.14. The Bertz CT molecular complexity index is 443. The van der Waals surface area contributed by atoms with Crippen LogP contribution < -0.4 is 5.32 Å². The third kappa shape index (κ3) is 6.30. The van der Waals surface area contributed by atoms with Crippen molar-refractivity contribution in [3.63, 3.8) is 0 Å². The highest BCUT2D eigenvalue weighted by molar-refractivity contribution is 5.89. The van der Waals surface area contributed by atoms with Crippen molar-refractivity contribution in [3.05, 3.63) is 35.4 Å². The van der Waals surface area contributed by atoms with E-state index in [0.717, 1.165) is 12.8 Å². The number of hydrogen-bond donors (Lipinski definition) is 1. The van der Waals surface area contributed by atoms with Gasteiger partial charge in [-0.05, 0) is 56.8 Å². The fourth-order valence-electron chi connectivity index (χ4n) is 2.19. The minimum absolute atomic E-state index is 0.0889. The molecule has 0 saturated heterocycles. The van der Waals surface area contributed by atoms with Crippen molar-refractivity contribution >= 4 is 5.97 Å². The highest BCUT2D eigenvalue weighted by atomic mass is 16.5. The first-order valence-corrected chi connectivity index (χ1v) is 7.71. The van der Waals surface area contributed by atoms with Crippen LogP contribution in [-0.2, 0) is 4.74 Å². The first-order chi connectivity index (χ1) is 9.73. The maximum atomic E-state index is 11.8. The molecular weight excluding hydrogens is 262 g/mol. The van der Waals surface area contributed by atoms with Crippen molar-refractivity contribution in [2.75, 3.05) is 7.05 Å². The van der Waals surface area contributed by atoms with Gasteiger partial charge in [-0.15, -0.1) is 0 Å². The van der Waals surface area contributed by atoms with E-state index in [1.54, 1.807) is 0 Å². The van der Waals surface area contributed by atoms with Crippen LogP contribution in [0.1, 0.15) is 69.4 Å². The number of rotatable bonds is 6. The van der Waals surface area contributed by atoms with E-state index in [0.29, 0.717) is 17.0 Å². The van der Waals surface area contributed by atoms with E-state index in [1.165, 1.54) is 5.56 Å². The van der Waals surface area contributed by atoms with Crippen molar-refractivity contribution in [2.45, 2.75) is 59.6 Å². The molecule has 0 bridgehead atoms. The second kappa shape index (κ2) is 7.60. The van der Waals surface area contributed by atoms with Gasteiger partial charge in [-0.2, -0.15) is 0 Å². The average molecular weight is 291 g/mol. The average Bonchev–Trinajstić information content (AvgIpc) is 2.38. The summed E-state index contributed by atoms with van der Waals surface area (Å²) in [6.45, 7) is 10.5. The lowest BCUT2D eigenvalue weighted by molar-refractivity contribution is 0.0378. The summed E-state index contributed by atoms with van der Waals surface area (Å²) in [5.41, 5.74) is 2.15. The normalized spacial score (nSPS) is 13.3. The predicted octanol–water partition coefficient (Wildman–Crippen LogP) is 4.34. The zero-order valence-electron chi connectivity index (χ0n) is 14.2. The molecule has 0 aliphatic rings. The summed E-state index contributed by atoms with van der Waals surface area (Å²) < 4.78 is 5.20. The van der Waals surface area contributed by atoms with Crippen molar-refractivity contribution in [3.8, 4) is 0 Å². The lowest BCUT2D eigenvalue weighted by Crippen LogP contribution is -2.19. The van der Waals surface area contributed by atoms with E-state index in [9.17, 15) is 4.79 Å². The van der Waals surface area contributed by atoms with E-state index in [-0.39, 0.29) is 12.1 Å².